The van der Waals surface area contributed by atoms with Gasteiger partial charge in [-0.15, -0.1) is 0 Å². The summed E-state index contributed by atoms with van der Waals surface area (Å²) in [5, 5.41) is 0. The molecule has 0 unspecified atom stereocenters. The first kappa shape index (κ1) is 27.3. The zero-order chi connectivity index (χ0) is 27.8. The Kier molecular flexibility index (Phi) is 8.86. The number of hydrogen-bond acceptors (Lipinski definition) is 9. The number of carbonyl (C=O) groups is 4. The summed E-state index contributed by atoms with van der Waals surface area (Å²) in [6, 6.07) is 24.4. The summed E-state index contributed by atoms with van der Waals surface area (Å²) >= 11 is 0. The van der Waals surface area contributed by atoms with E-state index in [-0.39, 0.29) is 28.9 Å². The maximum atomic E-state index is 13.1. The Morgan fingerprint density at radius 2 is 1.05 bits per heavy atom. The van der Waals surface area contributed by atoms with Crippen molar-refractivity contribution < 1.29 is 42.9 Å². The summed E-state index contributed by atoms with van der Waals surface area (Å²) < 4.78 is 28.2. The molecule has 9 nitrogen and oxygen atoms in total. The maximum Gasteiger partial charge on any atom is 0.338 e. The van der Waals surface area contributed by atoms with Crippen molar-refractivity contribution >= 4 is 23.9 Å². The van der Waals surface area contributed by atoms with Crippen LogP contribution < -0.4 is 0 Å². The topological polar surface area (TPSA) is 114 Å². The Morgan fingerprint density at radius 1 is 0.641 bits per heavy atom. The second-order valence-electron chi connectivity index (χ2n) is 8.67. The third kappa shape index (κ3) is 6.97. The molecular formula is C30H26O9. The van der Waals surface area contributed by atoms with Crippen LogP contribution in [0.5, 0.6) is 0 Å². The highest BCUT2D eigenvalue weighted by atomic mass is 16.7. The van der Waals surface area contributed by atoms with E-state index >= 15 is 0 Å². The van der Waals surface area contributed by atoms with E-state index in [0.717, 1.165) is 0 Å². The van der Waals surface area contributed by atoms with Crippen LogP contribution in [0.15, 0.2) is 103 Å². The molecule has 1 aliphatic rings. The lowest BCUT2D eigenvalue weighted by molar-refractivity contribution is -0.259. The Bertz CT molecular complexity index is 1320. The van der Waals surface area contributed by atoms with Crippen LogP contribution in [-0.4, -0.2) is 55.1 Å². The zero-order valence-electron chi connectivity index (χ0n) is 21.1. The molecule has 0 N–H and O–H groups in total. The first-order valence-electron chi connectivity index (χ1n) is 12.1. The van der Waals surface area contributed by atoms with Crippen LogP contribution in [0.3, 0.4) is 0 Å². The van der Waals surface area contributed by atoms with Gasteiger partial charge in [-0.1, -0.05) is 61.2 Å². The molecule has 1 fully saturated rings. The fraction of sp³-hybridized carbons (Fsp3) is 0.200. The largest absolute Gasteiger partial charge is 0.452 e. The normalized spacial score (nSPS) is 20.2. The van der Waals surface area contributed by atoms with Gasteiger partial charge in [0.15, 0.2) is 12.2 Å². The van der Waals surface area contributed by atoms with E-state index in [1.54, 1.807) is 66.7 Å². The van der Waals surface area contributed by atoms with Crippen LogP contribution in [0.2, 0.25) is 0 Å². The molecule has 4 atom stereocenters. The first-order chi connectivity index (χ1) is 18.8. The van der Waals surface area contributed by atoms with Gasteiger partial charge in [-0.05, 0) is 43.3 Å². The number of carbonyl (C=O) groups excluding carboxylic acids is 4. The third-order valence-corrected chi connectivity index (χ3v) is 5.73. The summed E-state index contributed by atoms with van der Waals surface area (Å²) in [4.78, 5) is 51.4. The predicted octanol–water partition coefficient (Wildman–Crippen LogP) is 4.14. The van der Waals surface area contributed by atoms with Crippen molar-refractivity contribution in [3.63, 3.8) is 0 Å². The lowest BCUT2D eigenvalue weighted by atomic mass is 10.0. The highest BCUT2D eigenvalue weighted by Gasteiger charge is 2.49. The molecule has 0 amide bonds. The molecule has 1 heterocycles. The van der Waals surface area contributed by atoms with Gasteiger partial charge < -0.3 is 23.7 Å². The molecular weight excluding hydrogens is 504 g/mol. The fourth-order valence-electron chi connectivity index (χ4n) is 3.73. The van der Waals surface area contributed by atoms with E-state index < -0.39 is 48.5 Å². The van der Waals surface area contributed by atoms with Crippen LogP contribution in [0, 0.1) is 0 Å². The minimum absolute atomic E-state index is 0.0715. The standard InChI is InChI=1S/C30H26O9/c1-19(2)26(31)39-30-25(38-29(34)22-16-10-5-11-17-22)24(37-28(33)21-14-8-4-9-15-21)23(18-35-30)36-27(32)20-12-6-3-7-13-20/h3-17,23-25,30H,1,18H2,2H3/t23-,24+,25-,30-/m1/s1. The van der Waals surface area contributed by atoms with Gasteiger partial charge >= 0.3 is 23.9 Å². The second-order valence-corrected chi connectivity index (χ2v) is 8.67. The van der Waals surface area contributed by atoms with Gasteiger partial charge in [-0.3, -0.25) is 0 Å². The molecule has 0 bridgehead atoms. The molecule has 200 valence electrons. The van der Waals surface area contributed by atoms with Crippen LogP contribution in [0.1, 0.15) is 38.0 Å². The van der Waals surface area contributed by atoms with Crippen LogP contribution in [0.4, 0.5) is 0 Å². The van der Waals surface area contributed by atoms with E-state index in [0.29, 0.717) is 0 Å². The molecule has 0 saturated carbocycles. The molecule has 1 aliphatic heterocycles. The average molecular weight is 531 g/mol. The highest BCUT2D eigenvalue weighted by molar-refractivity contribution is 5.91. The summed E-state index contributed by atoms with van der Waals surface area (Å²) in [5.74, 6) is -3.09. The van der Waals surface area contributed by atoms with Crippen LogP contribution in [-0.2, 0) is 28.5 Å². The molecule has 0 radical (unpaired) electrons. The second kappa shape index (κ2) is 12.7. The number of rotatable bonds is 8. The van der Waals surface area contributed by atoms with E-state index in [4.69, 9.17) is 23.7 Å². The number of benzene rings is 3. The quantitative estimate of drug-likeness (QED) is 0.241. The molecule has 4 rings (SSSR count). The van der Waals surface area contributed by atoms with E-state index in [9.17, 15) is 19.2 Å². The number of esters is 4. The van der Waals surface area contributed by atoms with Gasteiger partial charge in [0, 0.05) is 5.57 Å². The minimum Gasteiger partial charge on any atom is -0.452 e. The van der Waals surface area contributed by atoms with Crippen molar-refractivity contribution in [3.05, 3.63) is 120 Å². The third-order valence-electron chi connectivity index (χ3n) is 5.73. The van der Waals surface area contributed by atoms with Crippen molar-refractivity contribution in [3.8, 4) is 0 Å². The lowest BCUT2D eigenvalue weighted by Crippen LogP contribution is -2.58. The van der Waals surface area contributed by atoms with Crippen molar-refractivity contribution in [2.24, 2.45) is 0 Å². The van der Waals surface area contributed by atoms with E-state index in [2.05, 4.69) is 6.58 Å². The van der Waals surface area contributed by atoms with Gasteiger partial charge in [0.05, 0.1) is 23.3 Å². The molecule has 0 spiro atoms. The lowest BCUT2D eigenvalue weighted by Gasteiger charge is -2.40. The SMILES string of the molecule is C=C(C)C(=O)O[C@H]1OC[C@@H](OC(=O)c2ccccc2)[C@H](OC(=O)c2ccccc2)[C@H]1OC(=O)c1ccccc1. The minimum atomic E-state index is -1.49. The van der Waals surface area contributed by atoms with Gasteiger partial charge in [0.25, 0.3) is 0 Å². The highest BCUT2D eigenvalue weighted by Crippen LogP contribution is 2.28. The summed E-state index contributed by atoms with van der Waals surface area (Å²) in [6.07, 6.45) is -5.58. The molecule has 0 aromatic heterocycles. The molecule has 3 aromatic carbocycles. The Labute approximate surface area is 224 Å². The zero-order valence-corrected chi connectivity index (χ0v) is 21.1. The number of hydrogen-bond donors (Lipinski definition) is 0. The van der Waals surface area contributed by atoms with Crippen LogP contribution in [0.25, 0.3) is 0 Å². The molecule has 39 heavy (non-hydrogen) atoms. The maximum absolute atomic E-state index is 13.1. The monoisotopic (exact) mass is 530 g/mol. The Morgan fingerprint density at radius 3 is 1.49 bits per heavy atom. The fourth-order valence-corrected chi connectivity index (χ4v) is 3.73. The Balaban J connectivity index is 1.68. The Hall–Kier alpha value is -4.76. The molecule has 0 aliphatic carbocycles. The summed E-state index contributed by atoms with van der Waals surface area (Å²) in [6.45, 7) is 4.67. The van der Waals surface area contributed by atoms with Crippen molar-refractivity contribution in [2.45, 2.75) is 31.5 Å². The van der Waals surface area contributed by atoms with Gasteiger partial charge in [0.2, 0.25) is 12.4 Å². The predicted molar refractivity (Wildman–Crippen MR) is 138 cm³/mol. The molecule has 9 heteroatoms. The van der Waals surface area contributed by atoms with Crippen LogP contribution >= 0.6 is 0 Å². The van der Waals surface area contributed by atoms with Gasteiger partial charge in [0.1, 0.15) is 0 Å². The van der Waals surface area contributed by atoms with E-state index in [1.807, 2.05) is 0 Å². The summed E-state index contributed by atoms with van der Waals surface area (Å²) in [5.41, 5.74) is 0.723. The summed E-state index contributed by atoms with van der Waals surface area (Å²) in [7, 11) is 0. The average Bonchev–Trinajstić information content (AvgIpc) is 2.96. The molecule has 3 aromatic rings. The van der Waals surface area contributed by atoms with E-state index in [1.165, 1.54) is 31.2 Å². The van der Waals surface area contributed by atoms with Gasteiger partial charge in [-0.25, -0.2) is 19.2 Å². The molecule has 1 saturated heterocycles. The van der Waals surface area contributed by atoms with Gasteiger partial charge in [-0.2, -0.15) is 0 Å². The van der Waals surface area contributed by atoms with Crippen molar-refractivity contribution in [1.82, 2.24) is 0 Å². The van der Waals surface area contributed by atoms with Crippen molar-refractivity contribution in [1.29, 1.82) is 0 Å². The number of ether oxygens (including phenoxy) is 5. The smallest absolute Gasteiger partial charge is 0.338 e. The van der Waals surface area contributed by atoms with Crippen molar-refractivity contribution in [2.75, 3.05) is 6.61 Å². The first-order valence-corrected chi connectivity index (χ1v) is 12.1.